The molecule has 0 spiro atoms. The first-order chi connectivity index (χ1) is 10.2. The normalized spacial score (nSPS) is 19.0. The monoisotopic (exact) mass is 304 g/mol. The summed E-state index contributed by atoms with van der Waals surface area (Å²) in [4.78, 5) is 18.8. The van der Waals surface area contributed by atoms with Gasteiger partial charge in [-0.3, -0.25) is 4.79 Å². The van der Waals surface area contributed by atoms with E-state index in [-0.39, 0.29) is 18.4 Å². The third-order valence-corrected chi connectivity index (χ3v) is 4.26. The molecule has 4 nitrogen and oxygen atoms in total. The molecule has 1 atom stereocenters. The van der Waals surface area contributed by atoms with Gasteiger partial charge in [-0.15, -0.1) is 0 Å². The lowest BCUT2D eigenvalue weighted by Crippen LogP contribution is -2.41. The molecule has 2 heterocycles. The Hall–Kier alpha value is -1.65. The predicted octanol–water partition coefficient (Wildman–Crippen LogP) is 2.73. The van der Waals surface area contributed by atoms with Gasteiger partial charge in [0, 0.05) is 25.1 Å². The number of nitrogens with zero attached hydrogens (tertiary/aromatic N) is 2. The molecule has 2 aromatic rings. The second-order valence-electron chi connectivity index (χ2n) is 5.45. The molecule has 1 fully saturated rings. The summed E-state index contributed by atoms with van der Waals surface area (Å²) in [6.07, 6.45) is 1.88. The maximum atomic E-state index is 12.6. The van der Waals surface area contributed by atoms with Crippen molar-refractivity contribution in [2.24, 2.45) is 5.92 Å². The van der Waals surface area contributed by atoms with Gasteiger partial charge in [0.1, 0.15) is 5.69 Å². The van der Waals surface area contributed by atoms with Crippen molar-refractivity contribution >= 4 is 28.4 Å². The van der Waals surface area contributed by atoms with E-state index in [1.54, 1.807) is 11.0 Å². The second kappa shape index (κ2) is 6.00. The number of piperidine rings is 1. The molecule has 21 heavy (non-hydrogen) atoms. The number of para-hydroxylation sites is 1. The van der Waals surface area contributed by atoms with Crippen LogP contribution < -0.4 is 0 Å². The summed E-state index contributed by atoms with van der Waals surface area (Å²) in [6.45, 7) is 1.42. The van der Waals surface area contributed by atoms with Crippen molar-refractivity contribution in [2.45, 2.75) is 12.8 Å². The summed E-state index contributed by atoms with van der Waals surface area (Å²) in [6, 6.07) is 9.15. The van der Waals surface area contributed by atoms with Gasteiger partial charge in [-0.1, -0.05) is 29.8 Å². The van der Waals surface area contributed by atoms with Crippen molar-refractivity contribution < 1.29 is 9.90 Å². The number of aliphatic hydroxyl groups excluding tert-OH is 1. The molecule has 3 rings (SSSR count). The van der Waals surface area contributed by atoms with Crippen LogP contribution in [-0.4, -0.2) is 40.6 Å². The summed E-state index contributed by atoms with van der Waals surface area (Å²) >= 11 is 6.25. The third kappa shape index (κ3) is 2.87. The second-order valence-corrected chi connectivity index (χ2v) is 5.86. The minimum atomic E-state index is -0.110. The van der Waals surface area contributed by atoms with Crippen LogP contribution >= 0.6 is 11.6 Å². The number of amides is 1. The zero-order valence-corrected chi connectivity index (χ0v) is 12.4. The van der Waals surface area contributed by atoms with Gasteiger partial charge in [0.25, 0.3) is 5.91 Å². The van der Waals surface area contributed by atoms with Crippen molar-refractivity contribution in [3.63, 3.8) is 0 Å². The van der Waals surface area contributed by atoms with Gasteiger partial charge in [-0.2, -0.15) is 0 Å². The maximum absolute atomic E-state index is 12.6. The number of benzene rings is 1. The zero-order valence-electron chi connectivity index (χ0n) is 11.6. The number of carbonyl (C=O) groups is 1. The Morgan fingerprint density at radius 2 is 2.24 bits per heavy atom. The molecule has 0 bridgehead atoms. The average molecular weight is 305 g/mol. The first-order valence-corrected chi connectivity index (χ1v) is 7.52. The van der Waals surface area contributed by atoms with Crippen LogP contribution in [0.3, 0.4) is 0 Å². The highest BCUT2D eigenvalue weighted by Crippen LogP contribution is 2.24. The van der Waals surface area contributed by atoms with Gasteiger partial charge in [-0.25, -0.2) is 4.98 Å². The van der Waals surface area contributed by atoms with Crippen LogP contribution in [0.4, 0.5) is 0 Å². The number of rotatable bonds is 2. The lowest BCUT2D eigenvalue weighted by molar-refractivity contribution is 0.0615. The van der Waals surface area contributed by atoms with Crippen LogP contribution in [-0.2, 0) is 0 Å². The van der Waals surface area contributed by atoms with E-state index in [0.29, 0.717) is 23.8 Å². The molecule has 1 unspecified atom stereocenters. The lowest BCUT2D eigenvalue weighted by atomic mass is 9.99. The number of halogens is 1. The SMILES string of the molecule is O=C(c1cc(Cl)c2ccccc2n1)N1CCCC(CO)C1. The highest BCUT2D eigenvalue weighted by molar-refractivity contribution is 6.35. The van der Waals surface area contributed by atoms with Crippen molar-refractivity contribution in [2.75, 3.05) is 19.7 Å². The van der Waals surface area contributed by atoms with Gasteiger partial charge in [0.05, 0.1) is 10.5 Å². The van der Waals surface area contributed by atoms with Crippen LogP contribution in [0.5, 0.6) is 0 Å². The number of carbonyl (C=O) groups excluding carboxylic acids is 1. The van der Waals surface area contributed by atoms with E-state index in [2.05, 4.69) is 4.98 Å². The van der Waals surface area contributed by atoms with Gasteiger partial charge in [-0.05, 0) is 30.9 Å². The Morgan fingerprint density at radius 3 is 3.05 bits per heavy atom. The van der Waals surface area contributed by atoms with Gasteiger partial charge < -0.3 is 10.0 Å². The lowest BCUT2D eigenvalue weighted by Gasteiger charge is -2.31. The van der Waals surface area contributed by atoms with E-state index >= 15 is 0 Å². The first-order valence-electron chi connectivity index (χ1n) is 7.14. The third-order valence-electron chi connectivity index (χ3n) is 3.95. The molecule has 0 radical (unpaired) electrons. The van der Waals surface area contributed by atoms with E-state index in [1.807, 2.05) is 24.3 Å². The molecular formula is C16H17ClN2O2. The number of aromatic nitrogens is 1. The molecule has 5 heteroatoms. The van der Waals surface area contributed by atoms with Crippen LogP contribution in [0.2, 0.25) is 5.02 Å². The largest absolute Gasteiger partial charge is 0.396 e. The van der Waals surface area contributed by atoms with Crippen LogP contribution in [0.25, 0.3) is 10.9 Å². The van der Waals surface area contributed by atoms with Gasteiger partial charge >= 0.3 is 0 Å². The summed E-state index contributed by atoms with van der Waals surface area (Å²) < 4.78 is 0. The number of hydrogen-bond donors (Lipinski definition) is 1. The summed E-state index contributed by atoms with van der Waals surface area (Å²) in [5.41, 5.74) is 1.10. The van der Waals surface area contributed by atoms with E-state index in [1.165, 1.54) is 0 Å². The Morgan fingerprint density at radius 1 is 1.43 bits per heavy atom. The molecule has 1 saturated heterocycles. The maximum Gasteiger partial charge on any atom is 0.272 e. The smallest absolute Gasteiger partial charge is 0.272 e. The first kappa shape index (κ1) is 14.3. The Kier molecular flexibility index (Phi) is 4.08. The van der Waals surface area contributed by atoms with Crippen molar-refractivity contribution in [1.82, 2.24) is 9.88 Å². The molecule has 1 aliphatic heterocycles. The fourth-order valence-corrected chi connectivity index (χ4v) is 3.07. The van der Waals surface area contributed by atoms with Crippen LogP contribution in [0.1, 0.15) is 23.3 Å². The van der Waals surface area contributed by atoms with Crippen LogP contribution in [0.15, 0.2) is 30.3 Å². The highest BCUT2D eigenvalue weighted by atomic mass is 35.5. The Balaban J connectivity index is 1.91. The van der Waals surface area contributed by atoms with Crippen molar-refractivity contribution in [1.29, 1.82) is 0 Å². The summed E-state index contributed by atoms with van der Waals surface area (Å²) in [5, 5.41) is 10.7. The van der Waals surface area contributed by atoms with Crippen LogP contribution in [0, 0.1) is 5.92 Å². The molecule has 0 saturated carbocycles. The molecular weight excluding hydrogens is 288 g/mol. The van der Waals surface area contributed by atoms with E-state index < -0.39 is 0 Å². The standard InChI is InChI=1S/C16H17ClN2O2/c17-13-8-15(18-14-6-2-1-5-12(13)14)16(21)19-7-3-4-11(9-19)10-20/h1-2,5-6,8,11,20H,3-4,7,9-10H2. The predicted molar refractivity (Wildman–Crippen MR) is 82.5 cm³/mol. The molecule has 110 valence electrons. The van der Waals surface area contributed by atoms with E-state index in [9.17, 15) is 9.90 Å². The van der Waals surface area contributed by atoms with Gasteiger partial charge in [0.15, 0.2) is 0 Å². The molecule has 1 N–H and O–H groups in total. The Labute approximate surface area is 128 Å². The molecule has 1 aromatic carbocycles. The zero-order chi connectivity index (χ0) is 14.8. The van der Waals surface area contributed by atoms with E-state index in [4.69, 9.17) is 11.6 Å². The number of likely N-dealkylation sites (tertiary alicyclic amines) is 1. The number of hydrogen-bond acceptors (Lipinski definition) is 3. The number of pyridine rings is 1. The Bertz CT molecular complexity index is 674. The minimum Gasteiger partial charge on any atom is -0.396 e. The summed E-state index contributed by atoms with van der Waals surface area (Å²) in [7, 11) is 0. The van der Waals surface area contributed by atoms with Crippen molar-refractivity contribution in [3.8, 4) is 0 Å². The highest BCUT2D eigenvalue weighted by Gasteiger charge is 2.25. The number of aliphatic hydroxyl groups is 1. The minimum absolute atomic E-state index is 0.110. The fourth-order valence-electron chi connectivity index (χ4n) is 2.80. The molecule has 1 aliphatic rings. The molecule has 1 aromatic heterocycles. The quantitative estimate of drug-likeness (QED) is 0.928. The van der Waals surface area contributed by atoms with E-state index in [0.717, 1.165) is 23.7 Å². The average Bonchev–Trinajstić information content (AvgIpc) is 2.54. The number of fused-ring (bicyclic) bond motifs is 1. The topological polar surface area (TPSA) is 53.4 Å². The van der Waals surface area contributed by atoms with Gasteiger partial charge in [0.2, 0.25) is 0 Å². The molecule has 0 aliphatic carbocycles. The fraction of sp³-hybridized carbons (Fsp3) is 0.375. The molecule has 1 amide bonds. The summed E-state index contributed by atoms with van der Waals surface area (Å²) in [5.74, 6) is 0.0550. The van der Waals surface area contributed by atoms with Crippen molar-refractivity contribution in [3.05, 3.63) is 41.0 Å².